The van der Waals surface area contributed by atoms with Gasteiger partial charge in [0.25, 0.3) is 5.56 Å². The molecule has 2 aromatic carbocycles. The Morgan fingerprint density at radius 1 is 0.735 bits per heavy atom. The number of anilines is 2. The van der Waals surface area contributed by atoms with Crippen molar-refractivity contribution in [2.24, 2.45) is 0 Å². The quantitative estimate of drug-likeness (QED) is 0.0857. The van der Waals surface area contributed by atoms with Crippen molar-refractivity contribution < 1.29 is 34.1 Å². The van der Waals surface area contributed by atoms with E-state index in [4.69, 9.17) is 15.2 Å². The number of nitrogen functional groups attached to an aromatic ring is 1. The van der Waals surface area contributed by atoms with Gasteiger partial charge in [-0.15, -0.1) is 22.7 Å². The number of amides is 1. The largest absolute Gasteiger partial charge is 0.481 e. The van der Waals surface area contributed by atoms with Gasteiger partial charge in [-0.2, -0.15) is 0 Å². The molecule has 0 bridgehead atoms. The van der Waals surface area contributed by atoms with Crippen LogP contribution in [-0.2, 0) is 17.8 Å². The third kappa shape index (κ3) is 8.79. The summed E-state index contributed by atoms with van der Waals surface area (Å²) < 4.78 is 16.1. The van der Waals surface area contributed by atoms with Crippen LogP contribution in [0.2, 0.25) is 0 Å². The fourth-order valence-corrected chi connectivity index (χ4v) is 9.48. The van der Waals surface area contributed by atoms with Crippen LogP contribution in [0, 0.1) is 0 Å². The first kappa shape index (κ1) is 44.7. The molecule has 0 saturated carbocycles. The summed E-state index contributed by atoms with van der Waals surface area (Å²) in [6.45, 7) is 5.77. The van der Waals surface area contributed by atoms with E-state index in [-0.39, 0.29) is 30.0 Å². The number of aromatic carboxylic acids is 2. The molecular weight excluding hydrogens is 909 g/mol. The molecule has 8 heterocycles. The lowest BCUT2D eigenvalue weighted by molar-refractivity contribution is 0.0631. The normalized spacial score (nSPS) is 11.5. The Labute approximate surface area is 393 Å². The summed E-state index contributed by atoms with van der Waals surface area (Å²) >= 11 is 2.94. The standard InChI is InChI=1S/C27H25N5O5S.C21H15N5O3S/c1-27(2,3)37-26(35)31-21-10-15(7-9-28-21)13-32-19-12-18-20(38-14-30-18)11-17(19)22(23(32)25(33)34)16-6-5-8-29-24(16)36-4;22-17-6-11(3-5-23-17)9-26-15-8-14-16(30-10-25-14)7-13(15)18(19(26)21(28)29)12-2-1-4-24-20(12)27/h5-12,14H,13H2,1-4H3,(H,33,34)(H,28,31,35);1-8,10H,9H2,(H2,22,23)(H,24,27)(H,28,29). The molecule has 10 rings (SSSR count). The second-order valence-electron chi connectivity index (χ2n) is 16.3. The molecule has 342 valence electrons. The predicted octanol–water partition coefficient (Wildman–Crippen LogP) is 9.14. The first-order valence-corrected chi connectivity index (χ1v) is 22.5. The second-order valence-corrected chi connectivity index (χ2v) is 18.1. The van der Waals surface area contributed by atoms with Crippen LogP contribution >= 0.6 is 22.7 Å². The minimum absolute atomic E-state index is 0.0368. The van der Waals surface area contributed by atoms with Gasteiger partial charge in [0.05, 0.1) is 49.6 Å². The van der Waals surface area contributed by atoms with Crippen molar-refractivity contribution in [1.29, 1.82) is 0 Å². The highest BCUT2D eigenvalue weighted by Crippen LogP contribution is 2.42. The molecule has 0 aliphatic rings. The van der Waals surface area contributed by atoms with Crippen molar-refractivity contribution >= 4 is 94.6 Å². The molecule has 68 heavy (non-hydrogen) atoms. The molecular formula is C48H40N10O8S2. The number of carbonyl (C=O) groups excluding carboxylic acids is 1. The average Bonchev–Trinajstić information content (AvgIpc) is 4.09. The van der Waals surface area contributed by atoms with Crippen LogP contribution in [0.4, 0.5) is 16.4 Å². The Morgan fingerprint density at radius 2 is 1.31 bits per heavy atom. The molecule has 0 aliphatic carbocycles. The summed E-state index contributed by atoms with van der Waals surface area (Å²) in [4.78, 5) is 73.9. The number of hydrogen-bond donors (Lipinski definition) is 5. The number of aromatic nitrogens is 8. The number of nitrogens with two attached hydrogens (primary N) is 1. The number of benzene rings is 2. The molecule has 10 aromatic rings. The number of carbonyl (C=O) groups is 3. The fraction of sp³-hybridized carbons (Fsp3) is 0.146. The number of nitrogens with one attached hydrogen (secondary N) is 2. The van der Waals surface area contributed by atoms with Gasteiger partial charge in [-0.3, -0.25) is 10.1 Å². The van der Waals surface area contributed by atoms with Gasteiger partial charge in [0, 0.05) is 70.9 Å². The van der Waals surface area contributed by atoms with Gasteiger partial charge in [-0.1, -0.05) is 0 Å². The summed E-state index contributed by atoms with van der Waals surface area (Å²) in [5.74, 6) is -1.25. The molecule has 0 atom stereocenters. The zero-order chi connectivity index (χ0) is 47.9. The lowest BCUT2D eigenvalue weighted by Gasteiger charge is -2.19. The number of carboxylic acid groups (broad SMARTS) is 2. The number of methoxy groups -OCH3 is 1. The molecule has 1 amide bonds. The molecule has 18 nitrogen and oxygen atoms in total. The van der Waals surface area contributed by atoms with Crippen LogP contribution in [0.15, 0.2) is 113 Å². The number of carboxylic acids is 2. The van der Waals surface area contributed by atoms with Gasteiger partial charge in [-0.25, -0.2) is 39.3 Å². The fourth-order valence-electron chi connectivity index (χ4n) is 8.09. The number of H-pyrrole nitrogens is 1. The van der Waals surface area contributed by atoms with Crippen LogP contribution in [0.5, 0.6) is 5.88 Å². The van der Waals surface area contributed by atoms with Crippen molar-refractivity contribution in [2.45, 2.75) is 39.5 Å². The van der Waals surface area contributed by atoms with E-state index in [1.165, 1.54) is 36.0 Å². The summed E-state index contributed by atoms with van der Waals surface area (Å²) in [5, 5.41) is 24.6. The SMILES string of the molecule is COc1ncccc1-c1c(C(=O)O)n(Cc2ccnc(NC(=O)OC(C)(C)C)c2)c2cc3ncsc3cc12.Nc1cc(Cn2c(C(=O)O)c(-c3ccc[nH]c3=O)c3cc4scnc4cc32)ccn1. The Morgan fingerprint density at radius 3 is 1.87 bits per heavy atom. The van der Waals surface area contributed by atoms with Gasteiger partial charge in [0.15, 0.2) is 0 Å². The van der Waals surface area contributed by atoms with Crippen LogP contribution in [0.3, 0.4) is 0 Å². The smallest absolute Gasteiger partial charge is 0.413 e. The van der Waals surface area contributed by atoms with Gasteiger partial charge in [0.1, 0.15) is 28.6 Å². The first-order chi connectivity index (χ1) is 32.7. The maximum atomic E-state index is 12.8. The minimum Gasteiger partial charge on any atom is -0.481 e. The molecule has 6 N–H and O–H groups in total. The summed E-state index contributed by atoms with van der Waals surface area (Å²) in [7, 11) is 1.50. The maximum absolute atomic E-state index is 12.8. The monoisotopic (exact) mass is 948 g/mol. The third-order valence-electron chi connectivity index (χ3n) is 10.7. The molecule has 0 unspecified atom stereocenters. The highest BCUT2D eigenvalue weighted by Gasteiger charge is 2.28. The summed E-state index contributed by atoms with van der Waals surface area (Å²) in [5.41, 5.74) is 14.6. The maximum Gasteiger partial charge on any atom is 0.413 e. The van der Waals surface area contributed by atoms with Crippen LogP contribution < -0.4 is 21.3 Å². The molecule has 20 heteroatoms. The predicted molar refractivity (Wildman–Crippen MR) is 261 cm³/mol. The van der Waals surface area contributed by atoms with Crippen molar-refractivity contribution in [1.82, 2.24) is 39.0 Å². The number of fused-ring (bicyclic) bond motifs is 4. The number of rotatable bonds is 10. The van der Waals surface area contributed by atoms with Crippen molar-refractivity contribution in [3.05, 3.63) is 141 Å². The topological polar surface area (TPSA) is 255 Å². The number of nitrogens with zero attached hydrogens (tertiary/aromatic N) is 7. The zero-order valence-electron chi connectivity index (χ0n) is 36.7. The van der Waals surface area contributed by atoms with Crippen molar-refractivity contribution in [2.75, 3.05) is 18.2 Å². The van der Waals surface area contributed by atoms with E-state index in [1.807, 2.05) is 24.3 Å². The van der Waals surface area contributed by atoms with E-state index < -0.39 is 23.6 Å². The second kappa shape index (κ2) is 18.1. The number of hydrogen-bond acceptors (Lipinski definition) is 14. The molecule has 8 aromatic heterocycles. The van der Waals surface area contributed by atoms with E-state index in [0.717, 1.165) is 36.9 Å². The number of pyridine rings is 4. The van der Waals surface area contributed by atoms with E-state index >= 15 is 0 Å². The van der Waals surface area contributed by atoms with Gasteiger partial charge in [0.2, 0.25) is 5.88 Å². The van der Waals surface area contributed by atoms with Crippen molar-refractivity contribution in [3.8, 4) is 28.1 Å². The number of aromatic amines is 1. The highest BCUT2D eigenvalue weighted by atomic mass is 32.1. The van der Waals surface area contributed by atoms with Crippen LogP contribution in [0.25, 0.3) is 64.5 Å². The van der Waals surface area contributed by atoms with Crippen molar-refractivity contribution in [3.63, 3.8) is 0 Å². The van der Waals surface area contributed by atoms with E-state index in [9.17, 15) is 29.4 Å². The molecule has 0 radical (unpaired) electrons. The van der Waals surface area contributed by atoms with Gasteiger partial charge >= 0.3 is 18.0 Å². The lowest BCUT2D eigenvalue weighted by atomic mass is 10.0. The average molecular weight is 949 g/mol. The first-order valence-electron chi connectivity index (χ1n) is 20.8. The third-order valence-corrected chi connectivity index (χ3v) is 12.3. The van der Waals surface area contributed by atoms with E-state index in [2.05, 4.69) is 35.2 Å². The Balaban J connectivity index is 0.000000174. The zero-order valence-corrected chi connectivity index (χ0v) is 38.3. The molecule has 0 aliphatic heterocycles. The van der Waals surface area contributed by atoms with Crippen LogP contribution in [-0.4, -0.2) is 80.0 Å². The highest BCUT2D eigenvalue weighted by molar-refractivity contribution is 7.17. The van der Waals surface area contributed by atoms with Crippen LogP contribution in [0.1, 0.15) is 52.9 Å². The Hall–Kier alpha value is -8.49. The summed E-state index contributed by atoms with van der Waals surface area (Å²) in [6.07, 6.45) is 5.62. The Kier molecular flexibility index (Phi) is 11.9. The van der Waals surface area contributed by atoms with Gasteiger partial charge < -0.3 is 39.5 Å². The minimum atomic E-state index is -1.12. The number of ether oxygens (including phenoxy) is 2. The molecule has 0 fully saturated rings. The molecule has 0 saturated heterocycles. The van der Waals surface area contributed by atoms with Gasteiger partial charge in [-0.05, 0) is 105 Å². The van der Waals surface area contributed by atoms with E-state index in [0.29, 0.717) is 56.2 Å². The lowest BCUT2D eigenvalue weighted by Crippen LogP contribution is -2.27. The van der Waals surface area contributed by atoms with E-state index in [1.54, 1.807) is 108 Å². The Bertz CT molecular complexity index is 3660. The molecule has 0 spiro atoms. The number of thiazole rings is 2. The summed E-state index contributed by atoms with van der Waals surface area (Å²) in [6, 6.07) is 21.4.